The number of nitrogens with two attached hydrogens (primary N) is 1. The highest BCUT2D eigenvalue weighted by atomic mass is 79.9. The van der Waals surface area contributed by atoms with Crippen molar-refractivity contribution < 1.29 is 9.13 Å². The molecule has 2 aromatic rings. The average Bonchev–Trinajstić information content (AvgIpc) is 2.42. The molecule has 2 N–H and O–H groups in total. The lowest BCUT2D eigenvalue weighted by Crippen LogP contribution is -2.09. The van der Waals surface area contributed by atoms with Crippen LogP contribution in [-0.4, -0.2) is 4.99 Å². The lowest BCUT2D eigenvalue weighted by atomic mass is 10.1. The molecular weight excluding hydrogens is 365 g/mol. The summed E-state index contributed by atoms with van der Waals surface area (Å²) in [5.74, 6) is -0.126. The van der Waals surface area contributed by atoms with Crippen molar-refractivity contribution in [3.05, 3.63) is 62.8 Å². The number of benzene rings is 2. The molecule has 0 aliphatic heterocycles. The van der Waals surface area contributed by atoms with Gasteiger partial charge in [-0.2, -0.15) is 0 Å². The van der Waals surface area contributed by atoms with Gasteiger partial charge in [0.2, 0.25) is 0 Å². The van der Waals surface area contributed by atoms with Crippen molar-refractivity contribution in [3.8, 4) is 5.75 Å². The Morgan fingerprint density at radius 2 is 1.95 bits per heavy atom. The maximum absolute atomic E-state index is 13.4. The Bertz CT molecular complexity index is 648. The molecule has 0 aromatic heterocycles. The Morgan fingerprint density at radius 1 is 1.30 bits per heavy atom. The zero-order chi connectivity index (χ0) is 14.7. The number of rotatable bonds is 4. The van der Waals surface area contributed by atoms with Gasteiger partial charge < -0.3 is 10.5 Å². The van der Waals surface area contributed by atoms with Gasteiger partial charge in [0, 0.05) is 11.6 Å². The first-order chi connectivity index (χ1) is 9.47. The molecule has 2 rings (SSSR count). The van der Waals surface area contributed by atoms with Crippen LogP contribution in [0.5, 0.6) is 5.75 Å². The molecule has 0 heterocycles. The van der Waals surface area contributed by atoms with Crippen LogP contribution in [0.1, 0.15) is 11.1 Å². The predicted molar refractivity (Wildman–Crippen MR) is 85.8 cm³/mol. The smallest absolute Gasteiger partial charge is 0.145 e. The molecule has 0 atom stereocenters. The van der Waals surface area contributed by atoms with Crippen molar-refractivity contribution >= 4 is 44.7 Å². The Hall–Kier alpha value is -1.17. The quantitative estimate of drug-likeness (QED) is 0.634. The molecule has 20 heavy (non-hydrogen) atoms. The van der Waals surface area contributed by atoms with Crippen LogP contribution >= 0.6 is 39.7 Å². The van der Waals surface area contributed by atoms with Crippen molar-refractivity contribution in [2.45, 2.75) is 6.61 Å². The topological polar surface area (TPSA) is 35.2 Å². The number of hydrogen-bond acceptors (Lipinski definition) is 2. The van der Waals surface area contributed by atoms with Gasteiger partial charge in [0.1, 0.15) is 23.2 Å². The third kappa shape index (κ3) is 3.69. The summed E-state index contributed by atoms with van der Waals surface area (Å²) < 4.78 is 19.5. The van der Waals surface area contributed by atoms with E-state index in [4.69, 9.17) is 34.3 Å². The van der Waals surface area contributed by atoms with E-state index in [1.54, 1.807) is 0 Å². The molecule has 0 saturated carbocycles. The minimum Gasteiger partial charge on any atom is -0.488 e. The van der Waals surface area contributed by atoms with E-state index in [1.165, 1.54) is 12.1 Å². The van der Waals surface area contributed by atoms with Gasteiger partial charge in [0.15, 0.2) is 0 Å². The summed E-state index contributed by atoms with van der Waals surface area (Å²) >= 11 is 13.8. The van der Waals surface area contributed by atoms with Crippen LogP contribution in [0, 0.1) is 5.82 Å². The molecule has 0 amide bonds. The van der Waals surface area contributed by atoms with Gasteiger partial charge in [-0.1, -0.05) is 48.1 Å². The molecule has 0 spiro atoms. The van der Waals surface area contributed by atoms with Crippen LogP contribution < -0.4 is 10.5 Å². The number of hydrogen-bond donors (Lipinski definition) is 1. The van der Waals surface area contributed by atoms with Crippen LogP contribution in [0.4, 0.5) is 4.39 Å². The zero-order valence-corrected chi connectivity index (χ0v) is 13.4. The Labute approximate surface area is 134 Å². The third-order valence-electron chi connectivity index (χ3n) is 2.61. The highest BCUT2D eigenvalue weighted by molar-refractivity contribution is 9.10. The summed E-state index contributed by atoms with van der Waals surface area (Å²) in [6.45, 7) is 0.303. The summed E-state index contributed by atoms with van der Waals surface area (Å²) in [4.78, 5) is 0.347. The average molecular weight is 375 g/mol. The second-order valence-electron chi connectivity index (χ2n) is 4.05. The first-order valence-electron chi connectivity index (χ1n) is 5.63. The fraction of sp³-hybridized carbons (Fsp3) is 0.0714. The van der Waals surface area contributed by atoms with E-state index < -0.39 is 5.82 Å². The van der Waals surface area contributed by atoms with E-state index in [9.17, 15) is 4.39 Å². The summed E-state index contributed by atoms with van der Waals surface area (Å²) in [5, 5.41) is 0.0463. The molecule has 0 radical (unpaired) electrons. The molecule has 0 aliphatic rings. The zero-order valence-electron chi connectivity index (χ0n) is 10.2. The van der Waals surface area contributed by atoms with Crippen molar-refractivity contribution in [1.82, 2.24) is 0 Å². The highest BCUT2D eigenvalue weighted by Crippen LogP contribution is 2.31. The number of halogens is 3. The summed E-state index contributed by atoms with van der Waals surface area (Å²) in [6, 6.07) is 10.1. The predicted octanol–water partition coefficient (Wildman–Crippen LogP) is 4.45. The minimum atomic E-state index is -0.520. The van der Waals surface area contributed by atoms with Crippen molar-refractivity contribution in [1.29, 1.82) is 0 Å². The van der Waals surface area contributed by atoms with Gasteiger partial charge in [0.25, 0.3) is 0 Å². The van der Waals surface area contributed by atoms with Crippen molar-refractivity contribution in [3.63, 3.8) is 0 Å². The number of thiocarbonyl (C=S) groups is 1. The van der Waals surface area contributed by atoms with Crippen LogP contribution in [0.3, 0.4) is 0 Å². The fourth-order valence-electron chi connectivity index (χ4n) is 1.54. The summed E-state index contributed by atoms with van der Waals surface area (Å²) in [5.41, 5.74) is 7.24. The van der Waals surface area contributed by atoms with Crippen LogP contribution in [0.25, 0.3) is 0 Å². The highest BCUT2D eigenvalue weighted by Gasteiger charge is 2.08. The van der Waals surface area contributed by atoms with Crippen LogP contribution in [0.2, 0.25) is 5.02 Å². The van der Waals surface area contributed by atoms with E-state index in [2.05, 4.69) is 15.9 Å². The van der Waals surface area contributed by atoms with Crippen LogP contribution in [0.15, 0.2) is 40.9 Å². The molecule has 6 heteroatoms. The Kier molecular flexibility index (Phi) is 4.96. The maximum atomic E-state index is 13.4. The van der Waals surface area contributed by atoms with E-state index in [-0.39, 0.29) is 5.02 Å². The van der Waals surface area contributed by atoms with Gasteiger partial charge in [-0.15, -0.1) is 0 Å². The van der Waals surface area contributed by atoms with Crippen molar-refractivity contribution in [2.75, 3.05) is 0 Å². The molecule has 2 aromatic carbocycles. The van der Waals surface area contributed by atoms with Gasteiger partial charge in [-0.05, 0) is 27.6 Å². The third-order valence-corrected chi connectivity index (χ3v) is 3.75. The molecule has 0 saturated heterocycles. The van der Waals surface area contributed by atoms with E-state index >= 15 is 0 Å². The molecule has 0 bridgehead atoms. The molecule has 2 nitrogen and oxygen atoms in total. The Morgan fingerprint density at radius 3 is 2.55 bits per heavy atom. The maximum Gasteiger partial charge on any atom is 0.145 e. The van der Waals surface area contributed by atoms with E-state index in [0.717, 1.165) is 11.1 Å². The number of ether oxygens (including phenoxy) is 1. The largest absolute Gasteiger partial charge is 0.488 e. The fourth-order valence-corrected chi connectivity index (χ4v) is 2.43. The van der Waals surface area contributed by atoms with Crippen molar-refractivity contribution in [2.24, 2.45) is 5.73 Å². The monoisotopic (exact) mass is 373 g/mol. The molecule has 104 valence electrons. The lowest BCUT2D eigenvalue weighted by Gasteiger charge is -2.09. The summed E-state index contributed by atoms with van der Waals surface area (Å²) in [7, 11) is 0. The van der Waals surface area contributed by atoms with E-state index in [0.29, 0.717) is 21.8 Å². The normalized spacial score (nSPS) is 10.3. The first kappa shape index (κ1) is 15.2. The second-order valence-corrected chi connectivity index (χ2v) is 5.75. The van der Waals surface area contributed by atoms with E-state index in [1.807, 2.05) is 24.3 Å². The SMILES string of the molecule is NC(=S)c1ccc(COc2cc(F)c(Cl)cc2Br)cc1. The van der Waals surface area contributed by atoms with Crippen LogP contribution in [-0.2, 0) is 6.61 Å². The van der Waals surface area contributed by atoms with Gasteiger partial charge in [-0.25, -0.2) is 4.39 Å². The standard InChI is InChI=1S/C14H10BrClFNOS/c15-10-5-11(16)12(17)6-13(10)19-7-8-1-3-9(4-2-8)14(18)20/h1-6H,7H2,(H2,18,20). The first-order valence-corrected chi connectivity index (χ1v) is 7.21. The van der Waals surface area contributed by atoms with Gasteiger partial charge in [-0.3, -0.25) is 0 Å². The van der Waals surface area contributed by atoms with Gasteiger partial charge >= 0.3 is 0 Å². The molecule has 0 fully saturated rings. The van der Waals surface area contributed by atoms with Gasteiger partial charge in [0.05, 0.1) is 9.50 Å². The summed E-state index contributed by atoms with van der Waals surface area (Å²) in [6.07, 6.45) is 0. The molecule has 0 aliphatic carbocycles. The second kappa shape index (κ2) is 6.52. The minimum absolute atomic E-state index is 0.0463. The molecular formula is C14H10BrClFNOS. The Balaban J connectivity index is 2.09. The lowest BCUT2D eigenvalue weighted by molar-refractivity contribution is 0.302. The molecule has 0 unspecified atom stereocenters.